The zero-order chi connectivity index (χ0) is 23.4. The van der Waals surface area contributed by atoms with Crippen molar-refractivity contribution in [1.29, 1.82) is 0 Å². The maximum atomic E-state index is 13.5. The number of hydrogen-bond acceptors (Lipinski definition) is 4. The minimum absolute atomic E-state index is 0.0752. The Morgan fingerprint density at radius 2 is 1.77 bits per heavy atom. The molecule has 1 aromatic heterocycles. The van der Waals surface area contributed by atoms with Gasteiger partial charge in [-0.1, -0.05) is 45.7 Å². The number of aryl methyl sites for hydroxylation is 1. The molecule has 0 aliphatic rings. The van der Waals surface area contributed by atoms with Gasteiger partial charge in [-0.25, -0.2) is 4.79 Å². The van der Waals surface area contributed by atoms with Crippen molar-refractivity contribution in [3.8, 4) is 5.75 Å². The van der Waals surface area contributed by atoms with E-state index in [4.69, 9.17) is 9.47 Å². The highest BCUT2D eigenvalue weighted by molar-refractivity contribution is 5.89. The van der Waals surface area contributed by atoms with Crippen molar-refractivity contribution in [3.05, 3.63) is 39.8 Å². The van der Waals surface area contributed by atoms with Crippen LogP contribution in [-0.2, 0) is 17.8 Å². The highest BCUT2D eigenvalue weighted by Gasteiger charge is 2.23. The molecule has 31 heavy (non-hydrogen) atoms. The summed E-state index contributed by atoms with van der Waals surface area (Å²) in [6.07, 6.45) is 1.39. The molecular weight excluding hydrogens is 392 g/mol. The fourth-order valence-corrected chi connectivity index (χ4v) is 3.35. The number of carbonyl (C=O) groups is 1. The zero-order valence-electron chi connectivity index (χ0n) is 20.3. The first-order valence-electron chi connectivity index (χ1n) is 11.1. The number of hydrogen-bond donors (Lipinski definition) is 1. The summed E-state index contributed by atoms with van der Waals surface area (Å²) in [5.74, 6) is 0.659. The van der Waals surface area contributed by atoms with Gasteiger partial charge in [0.15, 0.2) is 0 Å². The quantitative estimate of drug-likeness (QED) is 0.584. The predicted octanol–water partition coefficient (Wildman–Crippen LogP) is 5.56. The number of pyridine rings is 1. The number of benzene rings is 1. The van der Waals surface area contributed by atoms with Crippen LogP contribution in [0.15, 0.2) is 23.0 Å². The van der Waals surface area contributed by atoms with Crippen molar-refractivity contribution in [2.24, 2.45) is 5.41 Å². The number of unbranched alkanes of at least 4 members (excludes halogenated alkanes) is 1. The van der Waals surface area contributed by atoms with Crippen LogP contribution in [0.2, 0.25) is 0 Å². The average Bonchev–Trinajstić information content (AvgIpc) is 2.62. The van der Waals surface area contributed by atoms with E-state index < -0.39 is 11.7 Å². The molecule has 0 atom stereocenters. The van der Waals surface area contributed by atoms with Crippen LogP contribution in [0, 0.1) is 12.3 Å². The van der Waals surface area contributed by atoms with Crippen molar-refractivity contribution >= 4 is 16.9 Å². The molecule has 0 saturated heterocycles. The van der Waals surface area contributed by atoms with Crippen LogP contribution in [0.4, 0.5) is 4.79 Å². The summed E-state index contributed by atoms with van der Waals surface area (Å²) in [6, 6.07) is 5.79. The van der Waals surface area contributed by atoms with Gasteiger partial charge in [0.25, 0.3) is 5.56 Å². The molecule has 0 bridgehead atoms. The average molecular weight is 431 g/mol. The van der Waals surface area contributed by atoms with Gasteiger partial charge < -0.3 is 19.4 Å². The third kappa shape index (κ3) is 7.01. The van der Waals surface area contributed by atoms with E-state index in [9.17, 15) is 9.59 Å². The number of aromatic nitrogens is 1. The van der Waals surface area contributed by atoms with Gasteiger partial charge in [-0.3, -0.25) is 4.79 Å². The molecule has 1 heterocycles. The SMILES string of the molecule is CCCCOc1c(CNC(=O)OC(C)(C)C)n(CC(C)(C)C)c(=O)c2ccc(C)cc12. The van der Waals surface area contributed by atoms with Gasteiger partial charge in [0, 0.05) is 11.9 Å². The molecule has 2 rings (SSSR count). The maximum Gasteiger partial charge on any atom is 0.407 e. The van der Waals surface area contributed by atoms with Crippen LogP contribution in [0.25, 0.3) is 10.8 Å². The molecule has 172 valence electrons. The Hall–Kier alpha value is -2.50. The molecule has 0 spiro atoms. The molecule has 1 aromatic carbocycles. The van der Waals surface area contributed by atoms with Gasteiger partial charge in [-0.2, -0.15) is 0 Å². The number of nitrogens with zero attached hydrogens (tertiary/aromatic N) is 1. The summed E-state index contributed by atoms with van der Waals surface area (Å²) in [5, 5.41) is 4.23. The summed E-state index contributed by atoms with van der Waals surface area (Å²) in [4.78, 5) is 25.8. The number of rotatable bonds is 7. The Balaban J connectivity index is 2.64. The molecule has 2 aromatic rings. The molecule has 6 heteroatoms. The summed E-state index contributed by atoms with van der Waals surface area (Å²) < 4.78 is 13.4. The second-order valence-corrected chi connectivity index (χ2v) is 10.3. The van der Waals surface area contributed by atoms with E-state index in [2.05, 4.69) is 33.0 Å². The lowest BCUT2D eigenvalue weighted by atomic mass is 9.96. The topological polar surface area (TPSA) is 69.6 Å². The Bertz CT molecular complexity index is 978. The molecule has 6 nitrogen and oxygen atoms in total. The van der Waals surface area contributed by atoms with E-state index in [-0.39, 0.29) is 17.5 Å². The van der Waals surface area contributed by atoms with E-state index in [0.717, 1.165) is 23.8 Å². The van der Waals surface area contributed by atoms with E-state index in [1.165, 1.54) is 0 Å². The van der Waals surface area contributed by atoms with Gasteiger partial charge in [-0.15, -0.1) is 0 Å². The Labute approximate surface area is 185 Å². The number of carbonyl (C=O) groups excluding carboxylic acids is 1. The monoisotopic (exact) mass is 430 g/mol. The fraction of sp³-hybridized carbons (Fsp3) is 0.600. The molecule has 0 saturated carbocycles. The summed E-state index contributed by atoms with van der Waals surface area (Å²) in [5.41, 5.74) is 0.903. The number of amides is 1. The minimum Gasteiger partial charge on any atom is -0.491 e. The molecule has 1 amide bonds. The predicted molar refractivity (Wildman–Crippen MR) is 126 cm³/mol. The fourth-order valence-electron chi connectivity index (χ4n) is 3.35. The number of alkyl carbamates (subject to hydrolysis) is 1. The summed E-state index contributed by atoms with van der Waals surface area (Å²) in [6.45, 7) is 17.0. The van der Waals surface area contributed by atoms with Crippen molar-refractivity contribution in [1.82, 2.24) is 9.88 Å². The lowest BCUT2D eigenvalue weighted by molar-refractivity contribution is 0.0521. The van der Waals surface area contributed by atoms with Gasteiger partial charge in [-0.05, 0) is 51.7 Å². The molecule has 1 N–H and O–H groups in total. The molecule has 0 aliphatic carbocycles. The van der Waals surface area contributed by atoms with Gasteiger partial charge in [0.1, 0.15) is 11.4 Å². The first kappa shape index (κ1) is 24.8. The Morgan fingerprint density at radius 1 is 1.10 bits per heavy atom. The first-order chi connectivity index (χ1) is 14.3. The molecule has 0 aliphatic heterocycles. The van der Waals surface area contributed by atoms with Gasteiger partial charge >= 0.3 is 6.09 Å². The lowest BCUT2D eigenvalue weighted by Gasteiger charge is -2.26. The molecule has 0 radical (unpaired) electrons. The van der Waals surface area contributed by atoms with Crippen LogP contribution in [0.3, 0.4) is 0 Å². The highest BCUT2D eigenvalue weighted by Crippen LogP contribution is 2.31. The second-order valence-electron chi connectivity index (χ2n) is 10.3. The van der Waals surface area contributed by atoms with E-state index >= 15 is 0 Å². The van der Waals surface area contributed by atoms with Crippen LogP contribution in [0.1, 0.15) is 72.6 Å². The number of fused-ring (bicyclic) bond motifs is 1. The smallest absolute Gasteiger partial charge is 0.407 e. The molecular formula is C25H38N2O4. The van der Waals surface area contributed by atoms with Gasteiger partial charge in [0.2, 0.25) is 0 Å². The number of ether oxygens (including phenoxy) is 2. The largest absolute Gasteiger partial charge is 0.491 e. The summed E-state index contributed by atoms with van der Waals surface area (Å²) >= 11 is 0. The normalized spacial score (nSPS) is 12.1. The Kier molecular flexibility index (Phi) is 7.79. The van der Waals surface area contributed by atoms with E-state index in [1.807, 2.05) is 45.9 Å². The number of nitrogens with one attached hydrogen (secondary N) is 1. The standard InChI is InChI=1S/C25H38N2O4/c1-9-10-13-30-21-19-14-17(2)11-12-18(19)22(28)27(16-24(3,4)5)20(21)15-26-23(29)31-25(6,7)8/h11-12,14H,9-10,13,15-16H2,1-8H3,(H,26,29). The van der Waals surface area contributed by atoms with E-state index in [0.29, 0.717) is 30.0 Å². The van der Waals surface area contributed by atoms with Crippen molar-refractivity contribution in [2.75, 3.05) is 6.61 Å². The third-order valence-corrected chi connectivity index (χ3v) is 4.66. The maximum absolute atomic E-state index is 13.5. The first-order valence-corrected chi connectivity index (χ1v) is 11.1. The zero-order valence-corrected chi connectivity index (χ0v) is 20.3. The van der Waals surface area contributed by atoms with Crippen molar-refractivity contribution in [3.63, 3.8) is 0 Å². The van der Waals surface area contributed by atoms with Gasteiger partial charge in [0.05, 0.1) is 24.2 Å². The lowest BCUT2D eigenvalue weighted by Crippen LogP contribution is -2.36. The minimum atomic E-state index is -0.601. The summed E-state index contributed by atoms with van der Waals surface area (Å²) in [7, 11) is 0. The molecule has 0 fully saturated rings. The van der Waals surface area contributed by atoms with Crippen molar-refractivity contribution in [2.45, 2.75) is 86.9 Å². The van der Waals surface area contributed by atoms with Crippen LogP contribution in [-0.4, -0.2) is 22.9 Å². The van der Waals surface area contributed by atoms with Crippen molar-refractivity contribution < 1.29 is 14.3 Å². The van der Waals surface area contributed by atoms with Crippen LogP contribution in [0.5, 0.6) is 5.75 Å². The second kappa shape index (κ2) is 9.75. The van der Waals surface area contributed by atoms with E-state index in [1.54, 1.807) is 4.57 Å². The molecule has 0 unspecified atom stereocenters. The van der Waals surface area contributed by atoms with Crippen LogP contribution >= 0.6 is 0 Å². The van der Waals surface area contributed by atoms with Crippen LogP contribution < -0.4 is 15.6 Å². The Morgan fingerprint density at radius 3 is 2.35 bits per heavy atom. The third-order valence-electron chi connectivity index (χ3n) is 4.66. The highest BCUT2D eigenvalue weighted by atomic mass is 16.6.